The summed E-state index contributed by atoms with van der Waals surface area (Å²) in [5.74, 6) is 0. The summed E-state index contributed by atoms with van der Waals surface area (Å²) in [5, 5.41) is 9.37. The number of hydrogen-bond acceptors (Lipinski definition) is 2. The second-order valence-corrected chi connectivity index (χ2v) is 2.39. The van der Waals surface area contributed by atoms with E-state index in [2.05, 4.69) is 6.58 Å². The number of ether oxygens (including phenoxy) is 1. The van der Waals surface area contributed by atoms with Crippen LogP contribution in [0.25, 0.3) is 0 Å². The fraction of sp³-hybridized carbons (Fsp3) is 0.500. The van der Waals surface area contributed by atoms with E-state index < -0.39 is 6.10 Å². The van der Waals surface area contributed by atoms with Crippen LogP contribution >= 0.6 is 0 Å². The van der Waals surface area contributed by atoms with E-state index in [-0.39, 0.29) is 6.10 Å². The van der Waals surface area contributed by atoms with Crippen molar-refractivity contribution in [2.45, 2.75) is 19.1 Å². The highest BCUT2D eigenvalue weighted by Gasteiger charge is 2.20. The second kappa shape index (κ2) is 2.99. The van der Waals surface area contributed by atoms with Gasteiger partial charge in [-0.3, -0.25) is 0 Å². The van der Waals surface area contributed by atoms with Crippen LogP contribution in [0.2, 0.25) is 0 Å². The summed E-state index contributed by atoms with van der Waals surface area (Å²) < 4.78 is 5.15. The lowest BCUT2D eigenvalue weighted by Crippen LogP contribution is -2.31. The Morgan fingerprint density at radius 2 is 2.60 bits per heavy atom. The number of aliphatic hydroxyl groups excluding tert-OH is 1. The van der Waals surface area contributed by atoms with Gasteiger partial charge in [0.25, 0.3) is 0 Å². The smallest absolute Gasteiger partial charge is 0.105 e. The third kappa shape index (κ3) is 1.28. The highest BCUT2D eigenvalue weighted by molar-refractivity contribution is 5.23. The van der Waals surface area contributed by atoms with Gasteiger partial charge >= 0.3 is 0 Å². The number of rotatable bonds is 1. The fourth-order valence-electron chi connectivity index (χ4n) is 0.983. The number of hydrogen-bond donors (Lipinski definition) is 1. The monoisotopic (exact) mass is 140 g/mol. The minimum Gasteiger partial charge on any atom is -0.386 e. The first-order chi connectivity index (χ1) is 4.75. The lowest BCUT2D eigenvalue weighted by Gasteiger charge is -2.24. The standard InChI is InChI=1S/C8H12O2/c1-3-7-4-5-10-6(2)8(7)9/h3-4,6,8-9H,1,5H2,2H3/t6-,8-/m0/s1. The summed E-state index contributed by atoms with van der Waals surface area (Å²) in [6.45, 7) is 6.02. The third-order valence-electron chi connectivity index (χ3n) is 1.70. The van der Waals surface area contributed by atoms with Crippen LogP contribution in [0.1, 0.15) is 6.92 Å². The van der Waals surface area contributed by atoms with Crippen molar-refractivity contribution < 1.29 is 9.84 Å². The summed E-state index contributed by atoms with van der Waals surface area (Å²) in [5.41, 5.74) is 0.874. The van der Waals surface area contributed by atoms with Gasteiger partial charge in [-0.05, 0) is 12.5 Å². The first-order valence-corrected chi connectivity index (χ1v) is 3.38. The molecule has 1 aliphatic rings. The molecular formula is C8H12O2. The average molecular weight is 140 g/mol. The normalized spacial score (nSPS) is 33.2. The van der Waals surface area contributed by atoms with Gasteiger partial charge in [0, 0.05) is 0 Å². The zero-order valence-corrected chi connectivity index (χ0v) is 6.08. The predicted octanol–water partition coefficient (Wildman–Crippen LogP) is 0.878. The molecule has 2 heteroatoms. The highest BCUT2D eigenvalue weighted by atomic mass is 16.5. The molecule has 0 fully saturated rings. The van der Waals surface area contributed by atoms with Crippen LogP contribution in [0.4, 0.5) is 0 Å². The summed E-state index contributed by atoms with van der Waals surface area (Å²) in [4.78, 5) is 0. The van der Waals surface area contributed by atoms with Gasteiger partial charge in [-0.15, -0.1) is 0 Å². The topological polar surface area (TPSA) is 29.5 Å². The van der Waals surface area contributed by atoms with Crippen molar-refractivity contribution in [2.75, 3.05) is 6.61 Å². The van der Waals surface area contributed by atoms with Crippen molar-refractivity contribution in [3.05, 3.63) is 24.3 Å². The first-order valence-electron chi connectivity index (χ1n) is 3.38. The quantitative estimate of drug-likeness (QED) is 0.585. The zero-order valence-electron chi connectivity index (χ0n) is 6.08. The molecule has 0 spiro atoms. The molecule has 10 heavy (non-hydrogen) atoms. The summed E-state index contributed by atoms with van der Waals surface area (Å²) in [6, 6.07) is 0. The maximum absolute atomic E-state index is 9.37. The van der Waals surface area contributed by atoms with Gasteiger partial charge in [-0.1, -0.05) is 18.7 Å². The maximum atomic E-state index is 9.37. The predicted molar refractivity (Wildman–Crippen MR) is 39.7 cm³/mol. The van der Waals surface area contributed by atoms with Crippen molar-refractivity contribution >= 4 is 0 Å². The molecule has 0 saturated heterocycles. The van der Waals surface area contributed by atoms with Crippen molar-refractivity contribution in [2.24, 2.45) is 0 Å². The Bertz CT molecular complexity index is 161. The molecule has 0 unspecified atom stereocenters. The zero-order chi connectivity index (χ0) is 7.56. The van der Waals surface area contributed by atoms with Gasteiger partial charge in [0.1, 0.15) is 6.10 Å². The van der Waals surface area contributed by atoms with Crippen LogP contribution in [0.15, 0.2) is 24.3 Å². The molecule has 2 atom stereocenters. The van der Waals surface area contributed by atoms with Gasteiger partial charge in [0.15, 0.2) is 0 Å². The molecule has 0 amide bonds. The molecule has 0 aliphatic carbocycles. The largest absolute Gasteiger partial charge is 0.386 e. The summed E-state index contributed by atoms with van der Waals surface area (Å²) >= 11 is 0. The molecule has 1 aliphatic heterocycles. The van der Waals surface area contributed by atoms with Crippen LogP contribution in [-0.4, -0.2) is 23.9 Å². The molecule has 0 aromatic carbocycles. The Balaban J connectivity index is 2.71. The van der Waals surface area contributed by atoms with Crippen LogP contribution in [0.3, 0.4) is 0 Å². The van der Waals surface area contributed by atoms with E-state index in [4.69, 9.17) is 4.74 Å². The second-order valence-electron chi connectivity index (χ2n) is 2.39. The van der Waals surface area contributed by atoms with E-state index in [1.165, 1.54) is 0 Å². The summed E-state index contributed by atoms with van der Waals surface area (Å²) in [7, 11) is 0. The first kappa shape index (κ1) is 7.51. The minimum atomic E-state index is -0.494. The van der Waals surface area contributed by atoms with Crippen LogP contribution < -0.4 is 0 Å². The molecule has 2 nitrogen and oxygen atoms in total. The van der Waals surface area contributed by atoms with E-state index in [9.17, 15) is 5.11 Å². The Morgan fingerprint density at radius 3 is 3.10 bits per heavy atom. The molecule has 1 rings (SSSR count). The summed E-state index contributed by atoms with van der Waals surface area (Å²) in [6.07, 6.45) is 2.92. The molecule has 0 bridgehead atoms. The molecule has 0 saturated carbocycles. The van der Waals surface area contributed by atoms with Crippen LogP contribution in [0.5, 0.6) is 0 Å². The van der Waals surface area contributed by atoms with Gasteiger partial charge in [-0.2, -0.15) is 0 Å². The fourth-order valence-corrected chi connectivity index (χ4v) is 0.983. The van der Waals surface area contributed by atoms with E-state index >= 15 is 0 Å². The lowest BCUT2D eigenvalue weighted by molar-refractivity contribution is -0.00828. The van der Waals surface area contributed by atoms with Gasteiger partial charge in [0.05, 0.1) is 12.7 Å². The average Bonchev–Trinajstić information content (AvgIpc) is 1.95. The van der Waals surface area contributed by atoms with Crippen molar-refractivity contribution in [1.82, 2.24) is 0 Å². The molecule has 1 N–H and O–H groups in total. The number of aliphatic hydroxyl groups is 1. The molecule has 0 aromatic heterocycles. The van der Waals surface area contributed by atoms with Crippen LogP contribution in [0, 0.1) is 0 Å². The minimum absolute atomic E-state index is 0.0991. The van der Waals surface area contributed by atoms with Gasteiger partial charge in [0.2, 0.25) is 0 Å². The molecular weight excluding hydrogens is 128 g/mol. The van der Waals surface area contributed by atoms with Gasteiger partial charge in [-0.25, -0.2) is 0 Å². The molecule has 56 valence electrons. The Hall–Kier alpha value is -0.600. The highest BCUT2D eigenvalue weighted by Crippen LogP contribution is 2.15. The van der Waals surface area contributed by atoms with E-state index in [1.807, 2.05) is 13.0 Å². The molecule has 0 radical (unpaired) electrons. The lowest BCUT2D eigenvalue weighted by atomic mass is 10.0. The molecule has 0 aromatic rings. The van der Waals surface area contributed by atoms with E-state index in [0.717, 1.165) is 5.57 Å². The SMILES string of the molecule is C=CC1=CCO[C@@H](C)[C@@H]1O. The molecule has 1 heterocycles. The maximum Gasteiger partial charge on any atom is 0.105 e. The van der Waals surface area contributed by atoms with Gasteiger partial charge < -0.3 is 9.84 Å². The Labute approximate surface area is 60.8 Å². The third-order valence-corrected chi connectivity index (χ3v) is 1.70. The van der Waals surface area contributed by atoms with Crippen molar-refractivity contribution in [3.8, 4) is 0 Å². The Morgan fingerprint density at radius 1 is 1.90 bits per heavy atom. The van der Waals surface area contributed by atoms with Crippen LogP contribution in [-0.2, 0) is 4.74 Å². The van der Waals surface area contributed by atoms with Crippen molar-refractivity contribution in [1.29, 1.82) is 0 Å². The van der Waals surface area contributed by atoms with E-state index in [0.29, 0.717) is 6.61 Å². The van der Waals surface area contributed by atoms with E-state index in [1.54, 1.807) is 6.08 Å². The Kier molecular flexibility index (Phi) is 2.25. The van der Waals surface area contributed by atoms with Crippen molar-refractivity contribution in [3.63, 3.8) is 0 Å².